The zero-order valence-electron chi connectivity index (χ0n) is 9.89. The molecule has 0 aliphatic carbocycles. The lowest BCUT2D eigenvalue weighted by Crippen LogP contribution is -2.18. The Morgan fingerprint density at radius 2 is 2.39 bits per heavy atom. The van der Waals surface area contributed by atoms with Crippen molar-refractivity contribution < 1.29 is 9.26 Å². The number of aromatic nitrogens is 3. The van der Waals surface area contributed by atoms with Crippen LogP contribution in [0.25, 0.3) is 11.5 Å². The number of nitrogens with one attached hydrogen (secondary N) is 1. The van der Waals surface area contributed by atoms with Crippen molar-refractivity contribution in [2.75, 3.05) is 20.3 Å². The minimum atomic E-state index is 0.478. The summed E-state index contributed by atoms with van der Waals surface area (Å²) in [6.45, 7) is 1.90. The number of rotatable bonds is 6. The maximum atomic E-state index is 5.13. The highest BCUT2D eigenvalue weighted by atomic mass is 79.9. The highest BCUT2D eigenvalue weighted by molar-refractivity contribution is 9.10. The molecule has 7 heteroatoms. The van der Waals surface area contributed by atoms with Crippen LogP contribution < -0.4 is 5.32 Å². The molecule has 0 bridgehead atoms. The molecule has 0 unspecified atom stereocenters. The third kappa shape index (κ3) is 3.34. The molecule has 0 atom stereocenters. The molecular weight excluding hydrogens is 300 g/mol. The lowest BCUT2D eigenvalue weighted by atomic mass is 10.3. The smallest absolute Gasteiger partial charge is 0.240 e. The van der Waals surface area contributed by atoms with Crippen LogP contribution in [-0.2, 0) is 11.3 Å². The predicted molar refractivity (Wildman–Crippen MR) is 68.8 cm³/mol. The largest absolute Gasteiger partial charge is 0.383 e. The van der Waals surface area contributed by atoms with Crippen LogP contribution in [-0.4, -0.2) is 35.4 Å². The van der Waals surface area contributed by atoms with E-state index >= 15 is 0 Å². The van der Waals surface area contributed by atoms with E-state index in [2.05, 4.69) is 36.4 Å². The molecule has 0 aliphatic heterocycles. The number of hydrogen-bond acceptors (Lipinski definition) is 6. The number of pyridine rings is 1. The molecule has 1 N–H and O–H groups in total. The fourth-order valence-electron chi connectivity index (χ4n) is 1.34. The molecule has 0 aliphatic rings. The molecule has 0 aromatic carbocycles. The van der Waals surface area contributed by atoms with Crippen LogP contribution in [0, 0.1) is 0 Å². The molecule has 2 aromatic rings. The molecular formula is C11H13BrN4O2. The summed E-state index contributed by atoms with van der Waals surface area (Å²) in [5.74, 6) is 1.00. The average molecular weight is 313 g/mol. The van der Waals surface area contributed by atoms with E-state index in [-0.39, 0.29) is 0 Å². The van der Waals surface area contributed by atoms with Gasteiger partial charge in [-0.05, 0) is 28.1 Å². The summed E-state index contributed by atoms with van der Waals surface area (Å²) < 4.78 is 10.9. The molecule has 6 nitrogen and oxygen atoms in total. The van der Waals surface area contributed by atoms with Gasteiger partial charge >= 0.3 is 0 Å². The summed E-state index contributed by atoms with van der Waals surface area (Å²) in [7, 11) is 1.66. The SMILES string of the molecule is COCCNCc1nc(-c2ncccc2Br)no1. The first-order valence-electron chi connectivity index (χ1n) is 5.44. The molecule has 0 amide bonds. The highest BCUT2D eigenvalue weighted by Gasteiger charge is 2.11. The van der Waals surface area contributed by atoms with Gasteiger partial charge in [0, 0.05) is 24.3 Å². The molecule has 0 saturated heterocycles. The van der Waals surface area contributed by atoms with E-state index in [0.717, 1.165) is 11.0 Å². The van der Waals surface area contributed by atoms with Crippen LogP contribution in [0.4, 0.5) is 0 Å². The summed E-state index contributed by atoms with van der Waals surface area (Å²) in [6.07, 6.45) is 1.69. The second-order valence-corrected chi connectivity index (χ2v) is 4.37. The van der Waals surface area contributed by atoms with Gasteiger partial charge in [-0.25, -0.2) is 0 Å². The van der Waals surface area contributed by atoms with E-state index < -0.39 is 0 Å². The first kappa shape index (κ1) is 13.1. The van der Waals surface area contributed by atoms with Crippen molar-refractivity contribution in [3.8, 4) is 11.5 Å². The van der Waals surface area contributed by atoms with Crippen LogP contribution in [0.1, 0.15) is 5.89 Å². The van der Waals surface area contributed by atoms with Gasteiger partial charge in [0.25, 0.3) is 0 Å². The van der Waals surface area contributed by atoms with Crippen LogP contribution in [0.2, 0.25) is 0 Å². The van der Waals surface area contributed by atoms with Crippen LogP contribution in [0.3, 0.4) is 0 Å². The zero-order valence-corrected chi connectivity index (χ0v) is 11.5. The Hall–Kier alpha value is -1.31. The standard InChI is InChI=1S/C11H13BrN4O2/c1-17-6-5-13-7-9-15-11(16-18-9)10-8(12)3-2-4-14-10/h2-4,13H,5-7H2,1H3. The lowest BCUT2D eigenvalue weighted by Gasteiger charge is -1.98. The summed E-state index contributed by atoms with van der Waals surface area (Å²) in [6, 6.07) is 3.72. The minimum absolute atomic E-state index is 0.478. The van der Waals surface area contributed by atoms with E-state index in [1.807, 2.05) is 12.1 Å². The monoisotopic (exact) mass is 312 g/mol. The Morgan fingerprint density at radius 3 is 3.17 bits per heavy atom. The molecule has 2 heterocycles. The van der Waals surface area contributed by atoms with E-state index in [0.29, 0.717) is 30.6 Å². The topological polar surface area (TPSA) is 73.1 Å². The Bertz CT molecular complexity index is 503. The van der Waals surface area contributed by atoms with Crippen molar-refractivity contribution in [3.63, 3.8) is 0 Å². The summed E-state index contributed by atoms with van der Waals surface area (Å²) in [5, 5.41) is 7.02. The second kappa shape index (κ2) is 6.58. The quantitative estimate of drug-likeness (QED) is 0.817. The van der Waals surface area contributed by atoms with Crippen molar-refractivity contribution in [2.24, 2.45) is 0 Å². The van der Waals surface area contributed by atoms with E-state index in [9.17, 15) is 0 Å². The molecule has 0 fully saturated rings. The molecule has 0 spiro atoms. The van der Waals surface area contributed by atoms with Gasteiger partial charge in [0.1, 0.15) is 5.69 Å². The number of hydrogen-bond donors (Lipinski definition) is 1. The highest BCUT2D eigenvalue weighted by Crippen LogP contribution is 2.22. The molecule has 0 saturated carbocycles. The first-order valence-corrected chi connectivity index (χ1v) is 6.23. The molecule has 18 heavy (non-hydrogen) atoms. The maximum absolute atomic E-state index is 5.13. The molecule has 2 rings (SSSR count). The molecule has 0 radical (unpaired) electrons. The van der Waals surface area contributed by atoms with Crippen molar-refractivity contribution in [2.45, 2.75) is 6.54 Å². The third-order valence-electron chi connectivity index (χ3n) is 2.20. The lowest BCUT2D eigenvalue weighted by molar-refractivity contribution is 0.197. The second-order valence-electron chi connectivity index (χ2n) is 3.52. The van der Waals surface area contributed by atoms with Gasteiger partial charge in [-0.2, -0.15) is 4.98 Å². The first-order chi connectivity index (χ1) is 8.81. The van der Waals surface area contributed by atoms with Crippen LogP contribution in [0.15, 0.2) is 27.3 Å². The zero-order chi connectivity index (χ0) is 12.8. The fourth-order valence-corrected chi connectivity index (χ4v) is 1.77. The summed E-state index contributed by atoms with van der Waals surface area (Å²) in [5.41, 5.74) is 0.671. The van der Waals surface area contributed by atoms with Crippen molar-refractivity contribution in [3.05, 3.63) is 28.7 Å². The van der Waals surface area contributed by atoms with Crippen LogP contribution >= 0.6 is 15.9 Å². The Kier molecular flexibility index (Phi) is 4.80. The maximum Gasteiger partial charge on any atom is 0.240 e. The molecule has 2 aromatic heterocycles. The van der Waals surface area contributed by atoms with Gasteiger partial charge in [-0.3, -0.25) is 4.98 Å². The Labute approximate surface area is 113 Å². The normalized spacial score (nSPS) is 10.8. The van der Waals surface area contributed by atoms with E-state index in [1.54, 1.807) is 13.3 Å². The van der Waals surface area contributed by atoms with Crippen molar-refractivity contribution in [1.82, 2.24) is 20.4 Å². The third-order valence-corrected chi connectivity index (χ3v) is 2.84. The number of methoxy groups -OCH3 is 1. The van der Waals surface area contributed by atoms with Gasteiger partial charge in [-0.15, -0.1) is 0 Å². The van der Waals surface area contributed by atoms with Gasteiger partial charge in [0.2, 0.25) is 11.7 Å². The van der Waals surface area contributed by atoms with Crippen molar-refractivity contribution in [1.29, 1.82) is 0 Å². The van der Waals surface area contributed by atoms with Gasteiger partial charge in [-0.1, -0.05) is 5.16 Å². The van der Waals surface area contributed by atoms with Gasteiger partial charge in [0.05, 0.1) is 13.2 Å². The fraction of sp³-hybridized carbons (Fsp3) is 0.364. The minimum Gasteiger partial charge on any atom is -0.383 e. The van der Waals surface area contributed by atoms with Crippen LogP contribution in [0.5, 0.6) is 0 Å². The average Bonchev–Trinajstić information content (AvgIpc) is 2.84. The van der Waals surface area contributed by atoms with Gasteiger partial charge < -0.3 is 14.6 Å². The number of halogens is 1. The number of nitrogens with zero attached hydrogens (tertiary/aromatic N) is 3. The van der Waals surface area contributed by atoms with Crippen molar-refractivity contribution >= 4 is 15.9 Å². The Balaban J connectivity index is 2.00. The molecule has 96 valence electrons. The van der Waals surface area contributed by atoms with E-state index in [4.69, 9.17) is 9.26 Å². The van der Waals surface area contributed by atoms with E-state index in [1.165, 1.54) is 0 Å². The van der Waals surface area contributed by atoms with Gasteiger partial charge in [0.15, 0.2) is 0 Å². The predicted octanol–water partition coefficient (Wildman–Crippen LogP) is 1.63. The Morgan fingerprint density at radius 1 is 1.50 bits per heavy atom. The number of ether oxygens (including phenoxy) is 1. The summed E-state index contributed by atoms with van der Waals surface area (Å²) >= 11 is 3.40. The summed E-state index contributed by atoms with van der Waals surface area (Å²) in [4.78, 5) is 8.46.